The van der Waals surface area contributed by atoms with Crippen LogP contribution in [0.4, 0.5) is 0 Å². The first-order chi connectivity index (χ1) is 14.2. The summed E-state index contributed by atoms with van der Waals surface area (Å²) in [5.74, 6) is 2.36. The van der Waals surface area contributed by atoms with Gasteiger partial charge in [-0.25, -0.2) is 0 Å². The Morgan fingerprint density at radius 2 is 1.83 bits per heavy atom. The summed E-state index contributed by atoms with van der Waals surface area (Å²) in [7, 11) is 0.866. The van der Waals surface area contributed by atoms with Crippen molar-refractivity contribution in [1.29, 1.82) is 0 Å². The lowest BCUT2D eigenvalue weighted by molar-refractivity contribution is -0.140. The highest BCUT2D eigenvalue weighted by molar-refractivity contribution is 7.84. The fourth-order valence-corrected chi connectivity index (χ4v) is 4.86. The summed E-state index contributed by atoms with van der Waals surface area (Å²) in [5, 5.41) is 3.33. The van der Waals surface area contributed by atoms with Crippen LogP contribution in [-0.4, -0.2) is 84.6 Å². The Morgan fingerprint density at radius 1 is 1.14 bits per heavy atom. The molecular formula is C21H32N4O3S. The molecule has 2 aliphatic heterocycles. The second-order valence-electron chi connectivity index (χ2n) is 7.45. The third-order valence-electron chi connectivity index (χ3n) is 5.46. The molecule has 29 heavy (non-hydrogen) atoms. The normalized spacial score (nSPS) is 19.8. The van der Waals surface area contributed by atoms with E-state index in [0.29, 0.717) is 44.4 Å². The lowest BCUT2D eigenvalue weighted by atomic mass is 9.95. The Kier molecular flexibility index (Phi) is 8.49. The minimum absolute atomic E-state index is 0.0980. The van der Waals surface area contributed by atoms with Crippen molar-refractivity contribution in [2.75, 3.05) is 58.7 Å². The molecule has 7 nitrogen and oxygen atoms in total. The van der Waals surface area contributed by atoms with Gasteiger partial charge in [-0.2, -0.15) is 0 Å². The number of nitrogens with one attached hydrogen (secondary N) is 1. The van der Waals surface area contributed by atoms with Crippen LogP contribution in [0.2, 0.25) is 0 Å². The predicted molar refractivity (Wildman–Crippen MR) is 116 cm³/mol. The van der Waals surface area contributed by atoms with E-state index in [9.17, 15) is 9.00 Å². The van der Waals surface area contributed by atoms with Crippen LogP contribution in [0.25, 0.3) is 0 Å². The van der Waals surface area contributed by atoms with Gasteiger partial charge in [0.25, 0.3) is 0 Å². The van der Waals surface area contributed by atoms with Crippen molar-refractivity contribution < 1.29 is 13.7 Å². The van der Waals surface area contributed by atoms with Crippen molar-refractivity contribution in [3.05, 3.63) is 35.9 Å². The van der Waals surface area contributed by atoms with Gasteiger partial charge in [-0.3, -0.25) is 14.0 Å². The molecule has 1 atom stereocenters. The van der Waals surface area contributed by atoms with Crippen LogP contribution in [0.3, 0.4) is 0 Å². The Labute approximate surface area is 176 Å². The van der Waals surface area contributed by atoms with Gasteiger partial charge in [-0.15, -0.1) is 0 Å². The van der Waals surface area contributed by atoms with E-state index < -0.39 is 10.8 Å². The summed E-state index contributed by atoms with van der Waals surface area (Å²) in [6.07, 6.45) is 1.69. The van der Waals surface area contributed by atoms with Gasteiger partial charge in [-0.1, -0.05) is 30.3 Å². The van der Waals surface area contributed by atoms with Crippen LogP contribution >= 0.6 is 0 Å². The van der Waals surface area contributed by atoms with Crippen molar-refractivity contribution in [2.45, 2.75) is 18.6 Å². The van der Waals surface area contributed by atoms with Crippen LogP contribution in [-0.2, 0) is 26.1 Å². The number of nitrogens with zero attached hydrogens (tertiary/aromatic N) is 3. The Morgan fingerprint density at radius 3 is 2.48 bits per heavy atom. The van der Waals surface area contributed by atoms with Gasteiger partial charge in [0.1, 0.15) is 0 Å². The molecule has 0 spiro atoms. The number of amides is 1. The predicted octanol–water partition coefficient (Wildman–Crippen LogP) is 1.08. The number of morpholine rings is 1. The molecule has 0 radical (unpaired) electrons. The topological polar surface area (TPSA) is 74.2 Å². The zero-order valence-corrected chi connectivity index (χ0v) is 18.0. The molecule has 3 rings (SSSR count). The highest BCUT2D eigenvalue weighted by Crippen LogP contribution is 2.20. The van der Waals surface area contributed by atoms with E-state index in [2.05, 4.69) is 15.2 Å². The molecule has 2 saturated heterocycles. The Bertz CT molecular complexity index is 699. The summed E-state index contributed by atoms with van der Waals surface area (Å²) >= 11 is 0. The van der Waals surface area contributed by atoms with Gasteiger partial charge in [0.2, 0.25) is 5.91 Å². The molecule has 1 unspecified atom stereocenters. The molecule has 0 aromatic heterocycles. The number of hydrogen-bond donors (Lipinski definition) is 1. The number of piperidine rings is 1. The monoisotopic (exact) mass is 420 g/mol. The molecule has 0 aliphatic carbocycles. The van der Waals surface area contributed by atoms with E-state index >= 15 is 0 Å². The molecular weight excluding hydrogens is 388 g/mol. The summed E-state index contributed by atoms with van der Waals surface area (Å²) < 4.78 is 17.6. The minimum Gasteiger partial charge on any atom is -0.378 e. The number of rotatable bonds is 6. The molecule has 1 N–H and O–H groups in total. The van der Waals surface area contributed by atoms with Gasteiger partial charge < -0.3 is 19.9 Å². The number of carbonyl (C=O) groups excluding carboxylic acids is 1. The largest absolute Gasteiger partial charge is 0.378 e. The SMILES string of the molecule is CN=C(NCCS(=O)Cc1ccccc1)N1CCC(C(=O)N2CCOCC2)CC1. The first kappa shape index (κ1) is 21.8. The average Bonchev–Trinajstić information content (AvgIpc) is 2.78. The molecule has 2 heterocycles. The van der Waals surface area contributed by atoms with E-state index in [1.165, 1.54) is 0 Å². The highest BCUT2D eigenvalue weighted by Gasteiger charge is 2.30. The molecule has 2 fully saturated rings. The van der Waals surface area contributed by atoms with E-state index in [0.717, 1.165) is 37.5 Å². The van der Waals surface area contributed by atoms with E-state index in [4.69, 9.17) is 4.74 Å². The second-order valence-corrected chi connectivity index (χ2v) is 9.02. The Balaban J connectivity index is 1.38. The van der Waals surface area contributed by atoms with Gasteiger partial charge in [0.05, 0.1) is 13.2 Å². The molecule has 1 amide bonds. The molecule has 2 aliphatic rings. The maximum absolute atomic E-state index is 12.7. The van der Waals surface area contributed by atoms with Crippen molar-refractivity contribution in [3.63, 3.8) is 0 Å². The highest BCUT2D eigenvalue weighted by atomic mass is 32.2. The first-order valence-corrected chi connectivity index (χ1v) is 11.9. The smallest absolute Gasteiger partial charge is 0.225 e. The van der Waals surface area contributed by atoms with Crippen molar-refractivity contribution in [2.24, 2.45) is 10.9 Å². The van der Waals surface area contributed by atoms with Crippen LogP contribution in [0.15, 0.2) is 35.3 Å². The van der Waals surface area contributed by atoms with Crippen LogP contribution in [0, 0.1) is 5.92 Å². The summed E-state index contributed by atoms with van der Waals surface area (Å²) in [6, 6.07) is 9.93. The number of carbonyl (C=O) groups is 1. The van der Waals surface area contributed by atoms with Crippen LogP contribution < -0.4 is 5.32 Å². The third-order valence-corrected chi connectivity index (χ3v) is 6.78. The zero-order valence-electron chi connectivity index (χ0n) is 17.2. The number of guanidine groups is 1. The zero-order chi connectivity index (χ0) is 20.5. The van der Waals surface area contributed by atoms with Crippen molar-refractivity contribution in [3.8, 4) is 0 Å². The maximum Gasteiger partial charge on any atom is 0.225 e. The summed E-state index contributed by atoms with van der Waals surface area (Å²) in [4.78, 5) is 21.2. The fraction of sp³-hybridized carbons (Fsp3) is 0.619. The average molecular weight is 421 g/mol. The molecule has 0 saturated carbocycles. The van der Waals surface area contributed by atoms with Gasteiger partial charge in [0.15, 0.2) is 5.96 Å². The van der Waals surface area contributed by atoms with Crippen LogP contribution in [0.1, 0.15) is 18.4 Å². The van der Waals surface area contributed by atoms with Crippen LogP contribution in [0.5, 0.6) is 0 Å². The summed E-state index contributed by atoms with van der Waals surface area (Å²) in [6.45, 7) is 4.96. The number of benzene rings is 1. The molecule has 1 aromatic rings. The molecule has 160 valence electrons. The quantitative estimate of drug-likeness (QED) is 0.551. The second kappa shape index (κ2) is 11.3. The van der Waals surface area contributed by atoms with E-state index in [1.54, 1.807) is 7.05 Å². The lowest BCUT2D eigenvalue weighted by Gasteiger charge is -2.36. The van der Waals surface area contributed by atoms with Gasteiger partial charge >= 0.3 is 0 Å². The number of hydrogen-bond acceptors (Lipinski definition) is 4. The third kappa shape index (κ3) is 6.54. The number of aliphatic imine (C=N–C) groups is 1. The minimum atomic E-state index is -0.906. The van der Waals surface area contributed by atoms with Gasteiger partial charge in [0, 0.05) is 68.0 Å². The molecule has 0 bridgehead atoms. The lowest BCUT2D eigenvalue weighted by Crippen LogP contribution is -2.50. The number of ether oxygens (including phenoxy) is 1. The molecule has 8 heteroatoms. The van der Waals surface area contributed by atoms with Gasteiger partial charge in [-0.05, 0) is 18.4 Å². The van der Waals surface area contributed by atoms with Crippen molar-refractivity contribution >= 4 is 22.7 Å². The van der Waals surface area contributed by atoms with E-state index in [1.807, 2.05) is 35.2 Å². The van der Waals surface area contributed by atoms with E-state index in [-0.39, 0.29) is 11.8 Å². The Hall–Kier alpha value is -1.93. The fourth-order valence-electron chi connectivity index (χ4n) is 3.82. The first-order valence-electron chi connectivity index (χ1n) is 10.4. The standard InChI is InChI=1S/C21H32N4O3S/c1-22-21(23-9-16-29(27)17-18-5-3-2-4-6-18)25-10-7-19(8-11-25)20(26)24-12-14-28-15-13-24/h2-6,19H,7-17H2,1H3,(H,22,23). The maximum atomic E-state index is 12.7. The van der Waals surface area contributed by atoms with Crippen molar-refractivity contribution in [1.82, 2.24) is 15.1 Å². The number of likely N-dealkylation sites (tertiary alicyclic amines) is 1. The summed E-state index contributed by atoms with van der Waals surface area (Å²) in [5.41, 5.74) is 1.10. The molecule has 1 aromatic carbocycles.